The molecule has 0 bridgehead atoms. The highest BCUT2D eigenvalue weighted by Gasteiger charge is 2.20. The molecule has 0 amide bonds. The molecule has 2 aromatic rings. The molecule has 1 N–H and O–H groups in total. The Bertz CT molecular complexity index is 614. The van der Waals surface area contributed by atoms with Crippen molar-refractivity contribution in [3.05, 3.63) is 35.4 Å². The number of nitrogens with zero attached hydrogens (tertiary/aromatic N) is 4. The molecule has 1 fully saturated rings. The predicted octanol–water partition coefficient (Wildman–Crippen LogP) is 2.00. The number of rotatable bonds is 7. The first-order valence-electron chi connectivity index (χ1n) is 6.78. The van der Waals surface area contributed by atoms with Gasteiger partial charge in [0.25, 0.3) is 0 Å². The number of thioether (sulfide) groups is 1. The molecule has 1 aliphatic rings. The molecule has 1 aromatic heterocycles. The Morgan fingerprint density at radius 1 is 1.33 bits per heavy atom. The highest BCUT2D eigenvalue weighted by molar-refractivity contribution is 7.98. The van der Waals surface area contributed by atoms with Crippen LogP contribution >= 0.6 is 11.8 Å². The van der Waals surface area contributed by atoms with Crippen molar-refractivity contribution < 1.29 is 8.78 Å². The van der Waals surface area contributed by atoms with Crippen LogP contribution in [0.5, 0.6) is 0 Å². The molecule has 0 spiro atoms. The third kappa shape index (κ3) is 3.98. The van der Waals surface area contributed by atoms with Crippen molar-refractivity contribution >= 4 is 11.8 Å². The summed E-state index contributed by atoms with van der Waals surface area (Å²) in [4.78, 5) is 0. The Morgan fingerprint density at radius 3 is 3.00 bits per heavy atom. The summed E-state index contributed by atoms with van der Waals surface area (Å²) >= 11 is 1.30. The Balaban J connectivity index is 1.57. The van der Waals surface area contributed by atoms with Crippen molar-refractivity contribution in [2.75, 3.05) is 6.54 Å². The van der Waals surface area contributed by atoms with Gasteiger partial charge in [0, 0.05) is 23.9 Å². The summed E-state index contributed by atoms with van der Waals surface area (Å²) in [6.07, 6.45) is 2.46. The first-order chi connectivity index (χ1) is 10.2. The molecule has 5 nitrogen and oxygen atoms in total. The lowest BCUT2D eigenvalue weighted by Crippen LogP contribution is -2.22. The standard InChI is InChI=1S/C13H15F2N5S/c14-10-1-4-12(15)9(7-10)8-21-13-17-18-19-20(13)6-5-16-11-2-3-11/h1,4,7,11,16H,2-3,5-6,8H2. The van der Waals surface area contributed by atoms with E-state index in [0.717, 1.165) is 18.7 Å². The summed E-state index contributed by atoms with van der Waals surface area (Å²) in [5, 5.41) is 15.4. The summed E-state index contributed by atoms with van der Waals surface area (Å²) in [6.45, 7) is 1.47. The molecule has 112 valence electrons. The Labute approximate surface area is 125 Å². The molecule has 8 heteroatoms. The van der Waals surface area contributed by atoms with E-state index in [4.69, 9.17) is 0 Å². The van der Waals surface area contributed by atoms with Gasteiger partial charge in [-0.1, -0.05) is 11.8 Å². The minimum Gasteiger partial charge on any atom is -0.312 e. The van der Waals surface area contributed by atoms with Gasteiger partial charge in [0.05, 0.1) is 6.54 Å². The monoisotopic (exact) mass is 311 g/mol. The molecule has 0 saturated heterocycles. The molecule has 0 unspecified atom stereocenters. The topological polar surface area (TPSA) is 55.6 Å². The van der Waals surface area contributed by atoms with Gasteiger partial charge in [-0.05, 0) is 41.5 Å². The fraction of sp³-hybridized carbons (Fsp3) is 0.462. The van der Waals surface area contributed by atoms with Gasteiger partial charge >= 0.3 is 0 Å². The fourth-order valence-corrected chi connectivity index (χ4v) is 2.78. The van der Waals surface area contributed by atoms with Gasteiger partial charge in [0.15, 0.2) is 0 Å². The second kappa shape index (κ2) is 6.48. The maximum Gasteiger partial charge on any atom is 0.209 e. The van der Waals surface area contributed by atoms with Crippen molar-refractivity contribution in [1.29, 1.82) is 0 Å². The Morgan fingerprint density at radius 2 is 2.19 bits per heavy atom. The van der Waals surface area contributed by atoms with Gasteiger partial charge in [-0.15, -0.1) is 5.10 Å². The van der Waals surface area contributed by atoms with Gasteiger partial charge in [-0.3, -0.25) is 0 Å². The van der Waals surface area contributed by atoms with Crippen LogP contribution in [0.2, 0.25) is 0 Å². The quantitative estimate of drug-likeness (QED) is 0.793. The van der Waals surface area contributed by atoms with E-state index in [2.05, 4.69) is 20.8 Å². The van der Waals surface area contributed by atoms with Gasteiger partial charge in [-0.25, -0.2) is 13.5 Å². The molecule has 0 aliphatic heterocycles. The fourth-order valence-electron chi connectivity index (χ4n) is 1.90. The van der Waals surface area contributed by atoms with Crippen LogP contribution < -0.4 is 5.32 Å². The molecular formula is C13H15F2N5S. The zero-order chi connectivity index (χ0) is 14.7. The van der Waals surface area contributed by atoms with Gasteiger partial charge < -0.3 is 5.32 Å². The van der Waals surface area contributed by atoms with E-state index >= 15 is 0 Å². The first kappa shape index (κ1) is 14.4. The Kier molecular flexibility index (Phi) is 4.45. The molecule has 1 aliphatic carbocycles. The van der Waals surface area contributed by atoms with Crippen molar-refractivity contribution in [3.8, 4) is 0 Å². The minimum absolute atomic E-state index is 0.292. The molecule has 3 rings (SSSR count). The number of nitrogens with one attached hydrogen (secondary N) is 1. The van der Waals surface area contributed by atoms with Crippen LogP contribution in [0.15, 0.2) is 23.4 Å². The number of aromatic nitrogens is 4. The second-order valence-corrected chi connectivity index (χ2v) is 5.88. The third-order valence-electron chi connectivity index (χ3n) is 3.20. The normalized spacial score (nSPS) is 14.6. The van der Waals surface area contributed by atoms with Crippen LogP contribution in [-0.2, 0) is 12.3 Å². The average Bonchev–Trinajstić information content (AvgIpc) is 3.18. The zero-order valence-corrected chi connectivity index (χ0v) is 12.1. The van der Waals surface area contributed by atoms with E-state index in [0.29, 0.717) is 29.1 Å². The number of hydrogen-bond donors (Lipinski definition) is 1. The summed E-state index contributed by atoms with van der Waals surface area (Å²) in [7, 11) is 0. The largest absolute Gasteiger partial charge is 0.312 e. The summed E-state index contributed by atoms with van der Waals surface area (Å²) in [5.74, 6) is -0.571. The molecular weight excluding hydrogens is 296 g/mol. The Hall–Kier alpha value is -1.54. The zero-order valence-electron chi connectivity index (χ0n) is 11.3. The van der Waals surface area contributed by atoms with Crippen LogP contribution in [0.1, 0.15) is 18.4 Å². The van der Waals surface area contributed by atoms with E-state index < -0.39 is 11.6 Å². The van der Waals surface area contributed by atoms with E-state index in [1.54, 1.807) is 4.68 Å². The SMILES string of the molecule is Fc1ccc(F)c(CSc2nnnn2CCNC2CC2)c1. The summed E-state index contributed by atoms with van der Waals surface area (Å²) < 4.78 is 28.3. The van der Waals surface area contributed by atoms with E-state index in [9.17, 15) is 8.78 Å². The third-order valence-corrected chi connectivity index (χ3v) is 4.20. The lowest BCUT2D eigenvalue weighted by molar-refractivity contribution is 0.509. The predicted molar refractivity (Wildman–Crippen MR) is 74.8 cm³/mol. The molecule has 21 heavy (non-hydrogen) atoms. The lowest BCUT2D eigenvalue weighted by Gasteiger charge is -2.06. The number of hydrogen-bond acceptors (Lipinski definition) is 5. The summed E-state index contributed by atoms with van der Waals surface area (Å²) in [6, 6.07) is 4.08. The summed E-state index contributed by atoms with van der Waals surface area (Å²) in [5.41, 5.74) is 0.311. The maximum atomic E-state index is 13.5. The number of benzene rings is 1. The molecule has 0 atom stereocenters. The van der Waals surface area contributed by atoms with Gasteiger partial charge in [0.2, 0.25) is 5.16 Å². The van der Waals surface area contributed by atoms with Crippen LogP contribution in [0.4, 0.5) is 8.78 Å². The molecule has 1 heterocycles. The van der Waals surface area contributed by atoms with E-state index in [-0.39, 0.29) is 0 Å². The second-order valence-electron chi connectivity index (χ2n) is 4.94. The number of tetrazole rings is 1. The molecule has 1 aromatic carbocycles. The molecule has 0 radical (unpaired) electrons. The van der Waals surface area contributed by atoms with Crippen molar-refractivity contribution in [3.63, 3.8) is 0 Å². The van der Waals surface area contributed by atoms with E-state index in [1.807, 2.05) is 0 Å². The van der Waals surface area contributed by atoms with Crippen molar-refractivity contribution in [1.82, 2.24) is 25.5 Å². The maximum absolute atomic E-state index is 13.5. The lowest BCUT2D eigenvalue weighted by atomic mass is 10.2. The average molecular weight is 311 g/mol. The van der Waals surface area contributed by atoms with Crippen LogP contribution in [0.25, 0.3) is 0 Å². The smallest absolute Gasteiger partial charge is 0.209 e. The molecule has 1 saturated carbocycles. The van der Waals surface area contributed by atoms with Gasteiger partial charge in [-0.2, -0.15) is 0 Å². The van der Waals surface area contributed by atoms with Gasteiger partial charge in [0.1, 0.15) is 11.6 Å². The van der Waals surface area contributed by atoms with Crippen molar-refractivity contribution in [2.45, 2.75) is 36.3 Å². The highest BCUT2D eigenvalue weighted by atomic mass is 32.2. The van der Waals surface area contributed by atoms with Crippen LogP contribution in [0.3, 0.4) is 0 Å². The number of halogens is 2. The minimum atomic E-state index is -0.444. The highest BCUT2D eigenvalue weighted by Crippen LogP contribution is 2.22. The first-order valence-corrected chi connectivity index (χ1v) is 7.77. The van der Waals surface area contributed by atoms with Crippen LogP contribution in [-0.4, -0.2) is 32.8 Å². The van der Waals surface area contributed by atoms with Crippen molar-refractivity contribution in [2.24, 2.45) is 0 Å². The van der Waals surface area contributed by atoms with E-state index in [1.165, 1.54) is 30.7 Å². The van der Waals surface area contributed by atoms with Crippen LogP contribution in [0, 0.1) is 11.6 Å².